The molecule has 0 radical (unpaired) electrons. The Kier molecular flexibility index (Phi) is 3.94. The summed E-state index contributed by atoms with van der Waals surface area (Å²) >= 11 is 6.65. The molecule has 0 saturated carbocycles. The Morgan fingerprint density at radius 2 is 1.82 bits per heavy atom. The standard InChI is InChI=1S/C8H8Br2O/c9-8(10)6-11-7-4-2-1-3-5-7/h1-5,8H,6H2. The number of alkyl halides is 2. The largest absolute Gasteiger partial charge is 0.492 e. The van der Waals surface area contributed by atoms with Gasteiger partial charge < -0.3 is 4.74 Å². The normalized spacial score (nSPS) is 10.1. The molecule has 0 aliphatic carbocycles. The van der Waals surface area contributed by atoms with E-state index in [4.69, 9.17) is 4.74 Å². The van der Waals surface area contributed by atoms with Crippen LogP contribution in [0.25, 0.3) is 0 Å². The lowest BCUT2D eigenvalue weighted by Crippen LogP contribution is -2.03. The molecule has 0 amide bonds. The summed E-state index contributed by atoms with van der Waals surface area (Å²) in [7, 11) is 0. The fourth-order valence-electron chi connectivity index (χ4n) is 0.676. The quantitative estimate of drug-likeness (QED) is 0.773. The van der Waals surface area contributed by atoms with Crippen LogP contribution in [0, 0.1) is 0 Å². The number of benzene rings is 1. The van der Waals surface area contributed by atoms with Gasteiger partial charge in [0.2, 0.25) is 0 Å². The van der Waals surface area contributed by atoms with E-state index in [1.165, 1.54) is 0 Å². The maximum Gasteiger partial charge on any atom is 0.119 e. The van der Waals surface area contributed by atoms with Gasteiger partial charge in [0.1, 0.15) is 16.1 Å². The Morgan fingerprint density at radius 1 is 1.18 bits per heavy atom. The van der Waals surface area contributed by atoms with Crippen molar-refractivity contribution in [2.24, 2.45) is 0 Å². The number of hydrogen-bond acceptors (Lipinski definition) is 1. The SMILES string of the molecule is BrC(Br)COc1ccccc1. The van der Waals surface area contributed by atoms with Crippen LogP contribution < -0.4 is 4.74 Å². The predicted octanol–water partition coefficient (Wildman–Crippen LogP) is 3.18. The van der Waals surface area contributed by atoms with E-state index in [1.807, 2.05) is 30.3 Å². The number of ether oxygens (including phenoxy) is 1. The van der Waals surface area contributed by atoms with Crippen LogP contribution in [0.5, 0.6) is 5.75 Å². The second-order valence-corrected chi connectivity index (χ2v) is 5.45. The highest BCUT2D eigenvalue weighted by Gasteiger charge is 1.97. The topological polar surface area (TPSA) is 9.23 Å². The Balaban J connectivity index is 2.39. The monoisotopic (exact) mass is 278 g/mol. The molecule has 0 atom stereocenters. The van der Waals surface area contributed by atoms with Gasteiger partial charge >= 0.3 is 0 Å². The lowest BCUT2D eigenvalue weighted by atomic mass is 10.3. The van der Waals surface area contributed by atoms with Crippen molar-refractivity contribution < 1.29 is 4.74 Å². The summed E-state index contributed by atoms with van der Waals surface area (Å²) in [5, 5.41) is 0. The van der Waals surface area contributed by atoms with Crippen LogP contribution in [0.15, 0.2) is 30.3 Å². The highest BCUT2D eigenvalue weighted by atomic mass is 79.9. The second kappa shape index (κ2) is 4.78. The second-order valence-electron chi connectivity index (χ2n) is 2.02. The molecule has 1 nitrogen and oxygen atoms in total. The zero-order valence-corrected chi connectivity index (χ0v) is 9.01. The average molecular weight is 280 g/mol. The Labute approximate surface area is 83.0 Å². The Bertz CT molecular complexity index is 199. The molecule has 1 aromatic carbocycles. The third kappa shape index (κ3) is 3.77. The summed E-state index contributed by atoms with van der Waals surface area (Å²) in [6.45, 7) is 0.629. The highest BCUT2D eigenvalue weighted by molar-refractivity contribution is 9.24. The number of hydrogen-bond donors (Lipinski definition) is 0. The van der Waals surface area contributed by atoms with Crippen molar-refractivity contribution in [1.82, 2.24) is 0 Å². The van der Waals surface area contributed by atoms with Crippen molar-refractivity contribution in [2.45, 2.75) is 3.74 Å². The summed E-state index contributed by atoms with van der Waals surface area (Å²) in [5.74, 6) is 0.899. The van der Waals surface area contributed by atoms with Crippen LogP contribution in [-0.4, -0.2) is 10.3 Å². The fraction of sp³-hybridized carbons (Fsp3) is 0.250. The maximum absolute atomic E-state index is 5.37. The van der Waals surface area contributed by atoms with Crippen molar-refractivity contribution in [2.75, 3.05) is 6.61 Å². The maximum atomic E-state index is 5.37. The molecule has 1 aromatic rings. The van der Waals surface area contributed by atoms with Crippen LogP contribution in [0.4, 0.5) is 0 Å². The molecule has 1 rings (SSSR count). The summed E-state index contributed by atoms with van der Waals surface area (Å²) in [5.41, 5.74) is 0. The molecule has 0 fully saturated rings. The predicted molar refractivity (Wildman–Crippen MR) is 53.6 cm³/mol. The van der Waals surface area contributed by atoms with E-state index in [-0.39, 0.29) is 3.74 Å². The van der Waals surface area contributed by atoms with Gasteiger partial charge in [0.05, 0.1) is 0 Å². The zero-order chi connectivity index (χ0) is 8.10. The summed E-state index contributed by atoms with van der Waals surface area (Å²) in [6.07, 6.45) is 0. The lowest BCUT2D eigenvalue weighted by Gasteiger charge is -2.05. The lowest BCUT2D eigenvalue weighted by molar-refractivity contribution is 0.340. The summed E-state index contributed by atoms with van der Waals surface area (Å²) in [4.78, 5) is 0. The molecular weight excluding hydrogens is 272 g/mol. The Morgan fingerprint density at radius 3 is 2.36 bits per heavy atom. The van der Waals surface area contributed by atoms with Gasteiger partial charge in [-0.15, -0.1) is 0 Å². The molecule has 0 saturated heterocycles. The molecule has 0 unspecified atom stereocenters. The van der Waals surface area contributed by atoms with E-state index in [1.54, 1.807) is 0 Å². The van der Waals surface area contributed by atoms with Crippen LogP contribution in [0.2, 0.25) is 0 Å². The third-order valence-corrected chi connectivity index (χ3v) is 1.65. The van der Waals surface area contributed by atoms with Gasteiger partial charge in [0.25, 0.3) is 0 Å². The first-order valence-corrected chi connectivity index (χ1v) is 5.08. The van der Waals surface area contributed by atoms with Gasteiger partial charge in [-0.2, -0.15) is 0 Å². The minimum atomic E-state index is 0.218. The molecule has 60 valence electrons. The number of halogens is 2. The molecule has 3 heteroatoms. The van der Waals surface area contributed by atoms with Crippen molar-refractivity contribution in [3.05, 3.63) is 30.3 Å². The van der Waals surface area contributed by atoms with E-state index < -0.39 is 0 Å². The molecule has 0 aliphatic heterocycles. The van der Waals surface area contributed by atoms with Gasteiger partial charge in [-0.1, -0.05) is 50.1 Å². The van der Waals surface area contributed by atoms with Crippen molar-refractivity contribution in [3.63, 3.8) is 0 Å². The number of rotatable bonds is 3. The van der Waals surface area contributed by atoms with Gasteiger partial charge in [-0.05, 0) is 12.1 Å². The summed E-state index contributed by atoms with van der Waals surface area (Å²) in [6, 6.07) is 9.73. The molecule has 0 heterocycles. The molecular formula is C8H8Br2O. The van der Waals surface area contributed by atoms with E-state index in [0.717, 1.165) is 5.75 Å². The van der Waals surface area contributed by atoms with Crippen molar-refractivity contribution in [1.29, 1.82) is 0 Å². The average Bonchev–Trinajstić information content (AvgIpc) is 2.03. The van der Waals surface area contributed by atoms with Gasteiger partial charge in [0, 0.05) is 0 Å². The van der Waals surface area contributed by atoms with E-state index >= 15 is 0 Å². The molecule has 0 bridgehead atoms. The smallest absolute Gasteiger partial charge is 0.119 e. The molecule has 0 aromatic heterocycles. The number of para-hydroxylation sites is 1. The van der Waals surface area contributed by atoms with Crippen LogP contribution >= 0.6 is 31.9 Å². The fourth-order valence-corrected chi connectivity index (χ4v) is 0.940. The molecule has 11 heavy (non-hydrogen) atoms. The van der Waals surface area contributed by atoms with Crippen molar-refractivity contribution >= 4 is 31.9 Å². The highest BCUT2D eigenvalue weighted by Crippen LogP contribution is 2.13. The first-order chi connectivity index (χ1) is 5.29. The van der Waals surface area contributed by atoms with E-state index in [2.05, 4.69) is 31.9 Å². The molecule has 0 spiro atoms. The van der Waals surface area contributed by atoms with Crippen LogP contribution in [-0.2, 0) is 0 Å². The van der Waals surface area contributed by atoms with Gasteiger partial charge in [-0.3, -0.25) is 0 Å². The van der Waals surface area contributed by atoms with Gasteiger partial charge in [0.15, 0.2) is 0 Å². The van der Waals surface area contributed by atoms with Gasteiger partial charge in [-0.25, -0.2) is 0 Å². The van der Waals surface area contributed by atoms with E-state index in [0.29, 0.717) is 6.61 Å². The van der Waals surface area contributed by atoms with E-state index in [9.17, 15) is 0 Å². The molecule has 0 N–H and O–H groups in total. The van der Waals surface area contributed by atoms with Crippen LogP contribution in [0.1, 0.15) is 0 Å². The summed E-state index contributed by atoms with van der Waals surface area (Å²) < 4.78 is 5.59. The van der Waals surface area contributed by atoms with Crippen molar-refractivity contribution in [3.8, 4) is 5.75 Å². The minimum Gasteiger partial charge on any atom is -0.492 e. The Hall–Kier alpha value is -0.0200. The first kappa shape index (κ1) is 9.07. The zero-order valence-electron chi connectivity index (χ0n) is 5.84. The van der Waals surface area contributed by atoms with Crippen LogP contribution in [0.3, 0.4) is 0 Å². The molecule has 0 aliphatic rings. The first-order valence-electron chi connectivity index (χ1n) is 3.25. The third-order valence-electron chi connectivity index (χ3n) is 1.12. The minimum absolute atomic E-state index is 0.218.